The summed E-state index contributed by atoms with van der Waals surface area (Å²) < 4.78 is 39.1. The Balaban J connectivity index is 1.13. The molecule has 3 aromatic carbocycles. The van der Waals surface area contributed by atoms with Gasteiger partial charge in [-0.25, -0.2) is 0 Å². The van der Waals surface area contributed by atoms with Crippen LogP contribution in [0.4, 0.5) is 0 Å². The minimum absolute atomic E-state index is 0.0668. The van der Waals surface area contributed by atoms with Gasteiger partial charge in [-0.1, -0.05) is 91.0 Å². The average Bonchev–Trinajstić information content (AvgIpc) is 3.03. The quantitative estimate of drug-likeness (QED) is 0.213. The van der Waals surface area contributed by atoms with E-state index >= 15 is 0 Å². The van der Waals surface area contributed by atoms with E-state index in [1.54, 1.807) is 0 Å². The normalized spacial score (nSPS) is 32.9. The number of hydrogen-bond donors (Lipinski definition) is 0. The predicted molar refractivity (Wildman–Crippen MR) is 171 cm³/mol. The first-order valence-corrected chi connectivity index (χ1v) is 16.2. The third kappa shape index (κ3) is 7.57. The van der Waals surface area contributed by atoms with Gasteiger partial charge < -0.3 is 28.4 Å². The van der Waals surface area contributed by atoms with Gasteiger partial charge in [-0.05, 0) is 37.5 Å². The average molecular weight is 615 g/mol. The lowest BCUT2D eigenvalue weighted by molar-refractivity contribution is -0.352. The number of carbonyl (C=O) groups excluding carboxylic acids is 1. The van der Waals surface area contributed by atoms with Crippen LogP contribution in [-0.2, 0) is 53.0 Å². The smallest absolute Gasteiger partial charge is 0.164 e. The third-order valence-electron chi connectivity index (χ3n) is 9.56. The monoisotopic (exact) mass is 614 g/mol. The molecule has 0 unspecified atom stereocenters. The molecule has 3 fully saturated rings. The molecular weight excluding hydrogens is 568 g/mol. The van der Waals surface area contributed by atoms with E-state index in [1.807, 2.05) is 66.7 Å². The summed E-state index contributed by atoms with van der Waals surface area (Å²) in [6, 6.07) is 30.4. The number of rotatable bonds is 12. The van der Waals surface area contributed by atoms with Gasteiger partial charge in [0.25, 0.3) is 0 Å². The van der Waals surface area contributed by atoms with Gasteiger partial charge in [-0.2, -0.15) is 0 Å². The predicted octanol–water partition coefficient (Wildman–Crippen LogP) is 6.61. The standard InChI is InChI=1S/C38H46O7/c1-36-26-37(2)35(43-34(36)21-31(39)32(44-36)19-20-40-23-28-13-7-4-8-14-28)22-33(42-25-30-17-11-6-12-18-30)38(3,45-37)27-41-24-29-15-9-5-10-16-29/h4-18,32-35H,19-27H2,1-3H3/t32-,33-,34+,35+,36+,37-,38+/m0/s1. The molecule has 3 heterocycles. The van der Waals surface area contributed by atoms with Crippen LogP contribution in [0, 0.1) is 0 Å². The van der Waals surface area contributed by atoms with Crippen molar-refractivity contribution in [3.05, 3.63) is 108 Å². The molecule has 0 N–H and O–H groups in total. The summed E-state index contributed by atoms with van der Waals surface area (Å²) in [6.45, 7) is 8.53. The van der Waals surface area contributed by atoms with Crippen LogP contribution in [-0.4, -0.2) is 60.2 Å². The molecule has 6 rings (SSSR count). The molecule has 7 atom stereocenters. The molecule has 240 valence electrons. The van der Waals surface area contributed by atoms with Crippen LogP contribution in [0.2, 0.25) is 0 Å². The molecule has 0 bridgehead atoms. The molecule has 0 aliphatic carbocycles. The number of ether oxygens (including phenoxy) is 6. The van der Waals surface area contributed by atoms with Gasteiger partial charge in [0.2, 0.25) is 0 Å². The first kappa shape index (κ1) is 32.0. The first-order valence-electron chi connectivity index (χ1n) is 16.2. The van der Waals surface area contributed by atoms with E-state index in [-0.39, 0.29) is 24.1 Å². The van der Waals surface area contributed by atoms with Gasteiger partial charge in [0.15, 0.2) is 5.78 Å². The summed E-state index contributed by atoms with van der Waals surface area (Å²) in [5.41, 5.74) is 1.26. The van der Waals surface area contributed by atoms with E-state index in [0.717, 1.165) is 16.7 Å². The van der Waals surface area contributed by atoms with Crippen LogP contribution in [0.15, 0.2) is 91.0 Å². The maximum absolute atomic E-state index is 13.2. The number of benzene rings is 3. The maximum Gasteiger partial charge on any atom is 0.164 e. The summed E-state index contributed by atoms with van der Waals surface area (Å²) in [4.78, 5) is 13.2. The second kappa shape index (κ2) is 13.8. The zero-order valence-electron chi connectivity index (χ0n) is 26.7. The molecule has 0 amide bonds. The molecule has 3 aromatic rings. The number of ketones is 1. The summed E-state index contributed by atoms with van der Waals surface area (Å²) in [5.74, 6) is 0.0668. The van der Waals surface area contributed by atoms with Crippen molar-refractivity contribution in [3.63, 3.8) is 0 Å². The highest BCUT2D eigenvalue weighted by molar-refractivity contribution is 5.84. The number of Topliss-reactive ketones (excluding diaryl/α,β-unsaturated/α-hetero) is 1. The Bertz CT molecular complexity index is 1380. The van der Waals surface area contributed by atoms with E-state index in [0.29, 0.717) is 58.7 Å². The summed E-state index contributed by atoms with van der Waals surface area (Å²) in [5, 5.41) is 0. The molecule has 7 heteroatoms. The van der Waals surface area contributed by atoms with Gasteiger partial charge in [0.05, 0.1) is 55.9 Å². The Hall–Kier alpha value is -2.91. The second-order valence-corrected chi connectivity index (χ2v) is 13.4. The molecule has 0 saturated carbocycles. The van der Waals surface area contributed by atoms with Crippen LogP contribution in [0.5, 0.6) is 0 Å². The fourth-order valence-corrected chi connectivity index (χ4v) is 7.20. The Morgan fingerprint density at radius 2 is 1.31 bits per heavy atom. The van der Waals surface area contributed by atoms with Crippen molar-refractivity contribution in [2.75, 3.05) is 13.2 Å². The SMILES string of the molecule is C[C@]1(COCc2ccccc2)O[C@@]2(C)C[C@@]3(C)O[C@@H](CCOCc4ccccc4)C(=O)C[C@H]3O[C@@H]2C[C@@H]1OCc1ccccc1. The van der Waals surface area contributed by atoms with Gasteiger partial charge in [0, 0.05) is 32.3 Å². The molecule has 3 aliphatic rings. The van der Waals surface area contributed by atoms with E-state index in [9.17, 15) is 4.79 Å². The highest BCUT2D eigenvalue weighted by Gasteiger charge is 2.62. The van der Waals surface area contributed by atoms with Gasteiger partial charge in [0.1, 0.15) is 11.7 Å². The van der Waals surface area contributed by atoms with Crippen LogP contribution >= 0.6 is 0 Å². The Morgan fingerprint density at radius 3 is 1.93 bits per heavy atom. The minimum atomic E-state index is -0.726. The highest BCUT2D eigenvalue weighted by Crippen LogP contribution is 2.51. The zero-order valence-corrected chi connectivity index (χ0v) is 26.7. The Kier molecular flexibility index (Phi) is 9.85. The van der Waals surface area contributed by atoms with Gasteiger partial charge in [-0.3, -0.25) is 4.79 Å². The topological polar surface area (TPSA) is 72.5 Å². The molecule has 3 aliphatic heterocycles. The van der Waals surface area contributed by atoms with Crippen molar-refractivity contribution in [3.8, 4) is 0 Å². The van der Waals surface area contributed by atoms with Crippen LogP contribution in [0.1, 0.15) is 63.1 Å². The lowest BCUT2D eigenvalue weighted by Gasteiger charge is -2.60. The third-order valence-corrected chi connectivity index (χ3v) is 9.56. The number of hydrogen-bond acceptors (Lipinski definition) is 7. The van der Waals surface area contributed by atoms with Crippen LogP contribution < -0.4 is 0 Å². The lowest BCUT2D eigenvalue weighted by Crippen LogP contribution is -2.71. The first-order chi connectivity index (χ1) is 21.7. The van der Waals surface area contributed by atoms with Crippen molar-refractivity contribution in [1.82, 2.24) is 0 Å². The molecule has 45 heavy (non-hydrogen) atoms. The highest BCUT2D eigenvalue weighted by atomic mass is 16.6. The maximum atomic E-state index is 13.2. The molecule has 0 radical (unpaired) electrons. The van der Waals surface area contributed by atoms with E-state index in [4.69, 9.17) is 28.4 Å². The van der Waals surface area contributed by atoms with Crippen molar-refractivity contribution in [1.29, 1.82) is 0 Å². The molecular formula is C38H46O7. The summed E-state index contributed by atoms with van der Waals surface area (Å²) in [6.07, 6.45) is 0.662. The molecule has 3 saturated heterocycles. The second-order valence-electron chi connectivity index (χ2n) is 13.4. The van der Waals surface area contributed by atoms with Crippen LogP contribution in [0.25, 0.3) is 0 Å². The van der Waals surface area contributed by atoms with E-state index in [2.05, 4.69) is 45.0 Å². The fraction of sp³-hybridized carbons (Fsp3) is 0.500. The van der Waals surface area contributed by atoms with Crippen molar-refractivity contribution < 1.29 is 33.2 Å². The zero-order chi connectivity index (χ0) is 31.3. The fourth-order valence-electron chi connectivity index (χ4n) is 7.20. The van der Waals surface area contributed by atoms with E-state index < -0.39 is 22.9 Å². The minimum Gasteiger partial charge on any atom is -0.377 e. The van der Waals surface area contributed by atoms with Crippen LogP contribution in [0.3, 0.4) is 0 Å². The number of carbonyl (C=O) groups is 1. The lowest BCUT2D eigenvalue weighted by atomic mass is 9.71. The summed E-state index contributed by atoms with van der Waals surface area (Å²) in [7, 11) is 0. The van der Waals surface area contributed by atoms with Gasteiger partial charge in [-0.15, -0.1) is 0 Å². The molecule has 7 nitrogen and oxygen atoms in total. The Morgan fingerprint density at radius 1 is 0.733 bits per heavy atom. The van der Waals surface area contributed by atoms with Gasteiger partial charge >= 0.3 is 0 Å². The summed E-state index contributed by atoms with van der Waals surface area (Å²) >= 11 is 0. The Labute approximate surface area is 267 Å². The largest absolute Gasteiger partial charge is 0.377 e. The van der Waals surface area contributed by atoms with Crippen molar-refractivity contribution in [2.45, 2.75) is 107 Å². The van der Waals surface area contributed by atoms with Crippen molar-refractivity contribution in [2.24, 2.45) is 0 Å². The van der Waals surface area contributed by atoms with Crippen molar-refractivity contribution >= 4 is 5.78 Å². The molecule has 0 aromatic heterocycles. The molecule has 0 spiro atoms. The van der Waals surface area contributed by atoms with E-state index in [1.165, 1.54) is 0 Å². The number of fused-ring (bicyclic) bond motifs is 2.